The van der Waals surface area contributed by atoms with Gasteiger partial charge < -0.3 is 19.4 Å². The first-order valence-electron chi connectivity index (χ1n) is 10.2. The van der Waals surface area contributed by atoms with Crippen LogP contribution >= 0.6 is 0 Å². The topological polar surface area (TPSA) is 71.6 Å². The Hall–Kier alpha value is -2.18. The summed E-state index contributed by atoms with van der Waals surface area (Å²) in [6.45, 7) is 6.18. The van der Waals surface area contributed by atoms with Crippen LogP contribution in [0.25, 0.3) is 10.9 Å². The van der Waals surface area contributed by atoms with Crippen molar-refractivity contribution in [3.63, 3.8) is 0 Å². The first kappa shape index (κ1) is 19.2. The van der Waals surface area contributed by atoms with Crippen LogP contribution in [0.4, 0.5) is 0 Å². The zero-order chi connectivity index (χ0) is 19.7. The number of nitrogens with one attached hydrogen (secondary N) is 1. The first-order chi connectivity index (χ1) is 13.5. The van der Waals surface area contributed by atoms with E-state index in [2.05, 4.69) is 11.1 Å². The number of pyridine rings is 1. The van der Waals surface area contributed by atoms with Crippen molar-refractivity contribution in [2.45, 2.75) is 58.3 Å². The van der Waals surface area contributed by atoms with Crippen molar-refractivity contribution < 1.29 is 14.3 Å². The van der Waals surface area contributed by atoms with Gasteiger partial charge in [-0.2, -0.15) is 0 Å². The molecule has 6 nitrogen and oxygen atoms in total. The lowest BCUT2D eigenvalue weighted by Crippen LogP contribution is -2.43. The standard InChI is InChI=1S/C22H28N2O4/c1-14-7-8-16-11-17(21(25)23-20(16)15(14)2)12-24(13-18-5-3-9-27-18)22(26)19-6-4-10-28-19/h7-8,11,18-19H,3-6,9-10,12-13H2,1-2H3,(H,23,25)/t18-,19-/m1/s1. The Balaban J connectivity index is 1.63. The predicted octanol–water partition coefficient (Wildman–Crippen LogP) is 2.83. The Morgan fingerprint density at radius 1 is 1.18 bits per heavy atom. The highest BCUT2D eigenvalue weighted by atomic mass is 16.5. The van der Waals surface area contributed by atoms with Gasteiger partial charge in [0.1, 0.15) is 6.10 Å². The van der Waals surface area contributed by atoms with Gasteiger partial charge in [-0.05, 0) is 62.1 Å². The number of aromatic amines is 1. The van der Waals surface area contributed by atoms with Gasteiger partial charge in [-0.25, -0.2) is 0 Å². The van der Waals surface area contributed by atoms with E-state index in [1.165, 1.54) is 0 Å². The van der Waals surface area contributed by atoms with E-state index in [0.29, 0.717) is 18.7 Å². The van der Waals surface area contributed by atoms with Gasteiger partial charge in [-0.15, -0.1) is 0 Å². The molecule has 0 unspecified atom stereocenters. The van der Waals surface area contributed by atoms with Crippen molar-refractivity contribution in [2.75, 3.05) is 19.8 Å². The molecule has 2 aliphatic rings. The van der Waals surface area contributed by atoms with E-state index in [0.717, 1.165) is 54.3 Å². The Bertz CT molecular complexity index is 924. The highest BCUT2D eigenvalue weighted by molar-refractivity contribution is 5.84. The van der Waals surface area contributed by atoms with Crippen molar-refractivity contribution in [2.24, 2.45) is 0 Å². The molecule has 150 valence electrons. The number of carbonyl (C=O) groups is 1. The van der Waals surface area contributed by atoms with E-state index in [-0.39, 0.29) is 24.1 Å². The summed E-state index contributed by atoms with van der Waals surface area (Å²) >= 11 is 0. The highest BCUT2D eigenvalue weighted by Gasteiger charge is 2.31. The van der Waals surface area contributed by atoms with Crippen LogP contribution in [0.5, 0.6) is 0 Å². The second-order valence-corrected chi connectivity index (χ2v) is 7.95. The fraction of sp³-hybridized carbons (Fsp3) is 0.545. The largest absolute Gasteiger partial charge is 0.376 e. The van der Waals surface area contributed by atoms with Crippen molar-refractivity contribution in [3.8, 4) is 0 Å². The highest BCUT2D eigenvalue weighted by Crippen LogP contribution is 2.22. The first-order valence-corrected chi connectivity index (χ1v) is 10.2. The summed E-state index contributed by atoms with van der Waals surface area (Å²) in [5, 5.41) is 0.985. The summed E-state index contributed by atoms with van der Waals surface area (Å²) in [5.41, 5.74) is 3.54. The quantitative estimate of drug-likeness (QED) is 0.860. The molecule has 1 amide bonds. The maximum atomic E-state index is 13.0. The molecular weight excluding hydrogens is 356 g/mol. The van der Waals surface area contributed by atoms with Gasteiger partial charge >= 0.3 is 0 Å². The molecule has 1 N–H and O–H groups in total. The average molecular weight is 384 g/mol. The lowest BCUT2D eigenvalue weighted by molar-refractivity contribution is -0.143. The normalized spacial score (nSPS) is 22.1. The molecule has 0 aliphatic carbocycles. The second-order valence-electron chi connectivity index (χ2n) is 7.95. The summed E-state index contributed by atoms with van der Waals surface area (Å²) in [5.74, 6) is -0.0346. The van der Waals surface area contributed by atoms with Crippen LogP contribution < -0.4 is 5.56 Å². The minimum atomic E-state index is -0.397. The van der Waals surface area contributed by atoms with Crippen LogP contribution in [-0.2, 0) is 20.8 Å². The number of aromatic nitrogens is 1. The van der Waals surface area contributed by atoms with E-state index < -0.39 is 6.10 Å². The number of ether oxygens (including phenoxy) is 2. The number of fused-ring (bicyclic) bond motifs is 1. The number of nitrogens with zero attached hydrogens (tertiary/aromatic N) is 1. The maximum absolute atomic E-state index is 13.0. The minimum absolute atomic E-state index is 0.0346. The third kappa shape index (κ3) is 3.84. The number of carbonyl (C=O) groups excluding carboxylic acids is 1. The van der Waals surface area contributed by atoms with Gasteiger partial charge in [0, 0.05) is 25.3 Å². The second kappa shape index (κ2) is 8.05. The zero-order valence-corrected chi connectivity index (χ0v) is 16.6. The number of H-pyrrole nitrogens is 1. The molecule has 0 spiro atoms. The van der Waals surface area contributed by atoms with Gasteiger partial charge in [0.15, 0.2) is 0 Å². The van der Waals surface area contributed by atoms with E-state index in [9.17, 15) is 9.59 Å². The fourth-order valence-electron chi connectivity index (χ4n) is 4.14. The number of rotatable bonds is 5. The minimum Gasteiger partial charge on any atom is -0.376 e. The van der Waals surface area contributed by atoms with Gasteiger partial charge in [0.2, 0.25) is 0 Å². The molecule has 28 heavy (non-hydrogen) atoms. The van der Waals surface area contributed by atoms with Crippen molar-refractivity contribution in [1.82, 2.24) is 9.88 Å². The predicted molar refractivity (Wildman–Crippen MR) is 107 cm³/mol. The molecule has 2 atom stereocenters. The Kier molecular flexibility index (Phi) is 5.51. The number of amides is 1. The van der Waals surface area contributed by atoms with Crippen LogP contribution in [-0.4, -0.2) is 47.8 Å². The van der Waals surface area contributed by atoms with E-state index in [1.807, 2.05) is 26.0 Å². The smallest absolute Gasteiger partial charge is 0.253 e. The monoisotopic (exact) mass is 384 g/mol. The van der Waals surface area contributed by atoms with E-state index in [1.54, 1.807) is 4.90 Å². The number of benzene rings is 1. The third-order valence-corrected chi connectivity index (χ3v) is 5.95. The molecule has 2 aliphatic heterocycles. The molecule has 0 saturated carbocycles. The molecule has 1 aromatic heterocycles. The molecule has 2 saturated heterocycles. The van der Waals surface area contributed by atoms with Gasteiger partial charge in [-0.1, -0.05) is 12.1 Å². The van der Waals surface area contributed by atoms with E-state index in [4.69, 9.17) is 9.47 Å². The van der Waals surface area contributed by atoms with E-state index >= 15 is 0 Å². The summed E-state index contributed by atoms with van der Waals surface area (Å²) < 4.78 is 11.4. The number of hydrogen-bond acceptors (Lipinski definition) is 4. The molecule has 2 fully saturated rings. The summed E-state index contributed by atoms with van der Waals surface area (Å²) in [7, 11) is 0. The van der Waals surface area contributed by atoms with Crippen molar-refractivity contribution in [3.05, 3.63) is 45.2 Å². The van der Waals surface area contributed by atoms with Gasteiger partial charge in [-0.3, -0.25) is 9.59 Å². The van der Waals surface area contributed by atoms with Crippen LogP contribution in [0, 0.1) is 13.8 Å². The molecule has 3 heterocycles. The van der Waals surface area contributed by atoms with Crippen LogP contribution in [0.15, 0.2) is 23.0 Å². The maximum Gasteiger partial charge on any atom is 0.253 e. The third-order valence-electron chi connectivity index (χ3n) is 5.95. The summed E-state index contributed by atoms with van der Waals surface area (Å²) in [6, 6.07) is 5.98. The lowest BCUT2D eigenvalue weighted by Gasteiger charge is -2.27. The fourth-order valence-corrected chi connectivity index (χ4v) is 4.14. The van der Waals surface area contributed by atoms with Gasteiger partial charge in [0.05, 0.1) is 18.2 Å². The molecule has 6 heteroatoms. The molecule has 4 rings (SSSR count). The Morgan fingerprint density at radius 3 is 2.68 bits per heavy atom. The summed E-state index contributed by atoms with van der Waals surface area (Å²) in [6.07, 6.45) is 3.25. The SMILES string of the molecule is Cc1ccc2cc(CN(C[C@H]3CCCO3)C(=O)[C@H]3CCCO3)c(=O)[nH]c2c1C. The van der Waals surface area contributed by atoms with Crippen molar-refractivity contribution >= 4 is 16.8 Å². The number of aryl methyl sites for hydroxylation is 2. The molecule has 0 bridgehead atoms. The average Bonchev–Trinajstić information content (AvgIpc) is 3.39. The van der Waals surface area contributed by atoms with Crippen LogP contribution in [0.3, 0.4) is 0 Å². The molecular formula is C22H28N2O4. The Morgan fingerprint density at radius 2 is 1.96 bits per heavy atom. The lowest BCUT2D eigenvalue weighted by atomic mass is 10.0. The van der Waals surface area contributed by atoms with Gasteiger partial charge in [0.25, 0.3) is 11.5 Å². The van der Waals surface area contributed by atoms with Crippen molar-refractivity contribution in [1.29, 1.82) is 0 Å². The number of hydrogen-bond donors (Lipinski definition) is 1. The van der Waals surface area contributed by atoms with Crippen LogP contribution in [0.1, 0.15) is 42.4 Å². The summed E-state index contributed by atoms with van der Waals surface area (Å²) in [4.78, 5) is 30.6. The zero-order valence-electron chi connectivity index (χ0n) is 16.6. The Labute approximate surface area is 164 Å². The molecule has 0 radical (unpaired) electrons. The molecule has 2 aromatic rings. The molecule has 1 aromatic carbocycles. The van der Waals surface area contributed by atoms with Crippen LogP contribution in [0.2, 0.25) is 0 Å².